The van der Waals surface area contributed by atoms with Crippen molar-refractivity contribution in [2.45, 2.75) is 26.8 Å². The number of benzene rings is 2. The van der Waals surface area contributed by atoms with Gasteiger partial charge in [-0.25, -0.2) is 4.68 Å². The topological polar surface area (TPSA) is 43.6 Å². The molecule has 0 saturated carbocycles. The minimum absolute atomic E-state index is 0.835. The van der Waals surface area contributed by atoms with Crippen LogP contribution in [0, 0.1) is 6.92 Å². The van der Waals surface area contributed by atoms with Crippen LogP contribution in [0.1, 0.15) is 18.9 Å². The van der Waals surface area contributed by atoms with Crippen molar-refractivity contribution in [1.29, 1.82) is 0 Å². The molecule has 2 heterocycles. The molecule has 2 aromatic carbocycles. The summed E-state index contributed by atoms with van der Waals surface area (Å²) in [6.07, 6.45) is 1.01. The van der Waals surface area contributed by atoms with Crippen molar-refractivity contribution in [2.24, 2.45) is 0 Å². The van der Waals surface area contributed by atoms with Crippen molar-refractivity contribution in [2.75, 3.05) is 0 Å². The second-order valence-corrected chi connectivity index (χ2v) is 6.18. The second-order valence-electron chi connectivity index (χ2n) is 6.18. The molecule has 0 N–H and O–H groups in total. The molecule has 0 amide bonds. The maximum absolute atomic E-state index is 4.86. The van der Waals surface area contributed by atoms with Crippen LogP contribution in [0.15, 0.2) is 60.7 Å². The predicted molar refractivity (Wildman–Crippen MR) is 101 cm³/mol. The van der Waals surface area contributed by atoms with Gasteiger partial charge in [-0.3, -0.25) is 0 Å². The van der Waals surface area contributed by atoms with E-state index in [0.29, 0.717) is 0 Å². The lowest BCUT2D eigenvalue weighted by molar-refractivity contribution is 0.616. The third kappa shape index (κ3) is 2.70. The molecule has 0 aliphatic carbocycles. The van der Waals surface area contributed by atoms with Crippen LogP contribution >= 0.6 is 0 Å². The molecule has 124 valence electrons. The molecule has 0 saturated heterocycles. The van der Waals surface area contributed by atoms with E-state index in [1.807, 2.05) is 41.1 Å². The Balaban J connectivity index is 2.01. The average Bonchev–Trinajstić information content (AvgIpc) is 3.03. The Labute approximate surface area is 147 Å². The van der Waals surface area contributed by atoms with Crippen molar-refractivity contribution in [3.8, 4) is 22.5 Å². The SMILES string of the molecule is CCCn1nc(-c2ccccc2)c2c(C)c(-c3ccccc3)nnc21. The zero-order chi connectivity index (χ0) is 17.2. The third-order valence-corrected chi connectivity index (χ3v) is 4.43. The van der Waals surface area contributed by atoms with E-state index in [2.05, 4.69) is 48.3 Å². The highest BCUT2D eigenvalue weighted by molar-refractivity contribution is 5.96. The molecule has 4 nitrogen and oxygen atoms in total. The molecule has 0 fully saturated rings. The number of hydrogen-bond acceptors (Lipinski definition) is 3. The zero-order valence-electron chi connectivity index (χ0n) is 14.5. The first kappa shape index (κ1) is 15.5. The van der Waals surface area contributed by atoms with Gasteiger partial charge in [-0.1, -0.05) is 67.6 Å². The number of hydrogen-bond donors (Lipinski definition) is 0. The standard InChI is InChI=1S/C21H20N4/c1-3-14-25-21-18(20(24-25)17-12-8-5-9-13-17)15(2)19(22-23-21)16-10-6-4-7-11-16/h4-13H,3,14H2,1-2H3. The Hall–Kier alpha value is -3.01. The highest BCUT2D eigenvalue weighted by Crippen LogP contribution is 2.33. The lowest BCUT2D eigenvalue weighted by atomic mass is 10.0. The number of aromatic nitrogens is 4. The van der Waals surface area contributed by atoms with E-state index in [1.165, 1.54) is 0 Å². The second kappa shape index (κ2) is 6.48. The molecule has 4 heteroatoms. The summed E-state index contributed by atoms with van der Waals surface area (Å²) >= 11 is 0. The maximum Gasteiger partial charge on any atom is 0.181 e. The van der Waals surface area contributed by atoms with Gasteiger partial charge in [0.2, 0.25) is 0 Å². The monoisotopic (exact) mass is 328 g/mol. The largest absolute Gasteiger partial charge is 0.245 e. The van der Waals surface area contributed by atoms with Crippen LogP contribution < -0.4 is 0 Å². The van der Waals surface area contributed by atoms with Gasteiger partial charge in [-0.2, -0.15) is 5.10 Å². The Morgan fingerprint density at radius 1 is 0.800 bits per heavy atom. The number of aryl methyl sites for hydroxylation is 2. The summed E-state index contributed by atoms with van der Waals surface area (Å²) < 4.78 is 1.98. The quantitative estimate of drug-likeness (QED) is 0.536. The molecule has 25 heavy (non-hydrogen) atoms. The van der Waals surface area contributed by atoms with Crippen molar-refractivity contribution < 1.29 is 0 Å². The van der Waals surface area contributed by atoms with Crippen LogP contribution in [0.2, 0.25) is 0 Å². The molecular weight excluding hydrogens is 308 g/mol. The lowest BCUT2D eigenvalue weighted by Crippen LogP contribution is -2.02. The van der Waals surface area contributed by atoms with Crippen molar-refractivity contribution in [3.63, 3.8) is 0 Å². The third-order valence-electron chi connectivity index (χ3n) is 4.43. The zero-order valence-corrected chi connectivity index (χ0v) is 14.5. The molecule has 4 aromatic rings. The van der Waals surface area contributed by atoms with Crippen molar-refractivity contribution >= 4 is 11.0 Å². The minimum Gasteiger partial charge on any atom is -0.245 e. The number of fused-ring (bicyclic) bond motifs is 1. The van der Waals surface area contributed by atoms with Gasteiger partial charge >= 0.3 is 0 Å². The fourth-order valence-electron chi connectivity index (χ4n) is 3.23. The Morgan fingerprint density at radius 3 is 2.00 bits per heavy atom. The fraction of sp³-hybridized carbons (Fsp3) is 0.190. The molecule has 0 unspecified atom stereocenters. The van der Waals surface area contributed by atoms with Gasteiger partial charge in [-0.05, 0) is 18.9 Å². The van der Waals surface area contributed by atoms with Crippen LogP contribution in [0.3, 0.4) is 0 Å². The van der Waals surface area contributed by atoms with Crippen molar-refractivity contribution in [1.82, 2.24) is 20.0 Å². The van der Waals surface area contributed by atoms with Crippen molar-refractivity contribution in [3.05, 3.63) is 66.2 Å². The van der Waals surface area contributed by atoms with Gasteiger partial charge in [0.1, 0.15) is 5.69 Å². The highest BCUT2D eigenvalue weighted by Gasteiger charge is 2.19. The Bertz CT molecular complexity index is 1000. The first-order valence-corrected chi connectivity index (χ1v) is 8.64. The normalized spacial score (nSPS) is 11.1. The van der Waals surface area contributed by atoms with E-state index in [9.17, 15) is 0 Å². The van der Waals surface area contributed by atoms with Crippen LogP contribution in [-0.2, 0) is 6.54 Å². The molecular formula is C21H20N4. The van der Waals surface area contributed by atoms with Crippen LogP contribution in [-0.4, -0.2) is 20.0 Å². The predicted octanol–water partition coefficient (Wildman–Crippen LogP) is 4.88. The summed E-state index contributed by atoms with van der Waals surface area (Å²) in [4.78, 5) is 0. The van der Waals surface area contributed by atoms with E-state index in [4.69, 9.17) is 5.10 Å². The Kier molecular flexibility index (Phi) is 4.02. The molecule has 0 atom stereocenters. The molecule has 2 aromatic heterocycles. The van der Waals surface area contributed by atoms with Gasteiger partial charge in [0.25, 0.3) is 0 Å². The van der Waals surface area contributed by atoms with Gasteiger partial charge in [0, 0.05) is 17.7 Å². The molecule has 0 aliphatic rings. The van der Waals surface area contributed by atoms with E-state index in [0.717, 1.165) is 52.1 Å². The average molecular weight is 328 g/mol. The summed E-state index contributed by atoms with van der Waals surface area (Å²) in [6.45, 7) is 5.10. The van der Waals surface area contributed by atoms with Gasteiger partial charge in [0.15, 0.2) is 5.65 Å². The summed E-state index contributed by atoms with van der Waals surface area (Å²) in [7, 11) is 0. The molecule has 0 aliphatic heterocycles. The molecule has 0 radical (unpaired) electrons. The highest BCUT2D eigenvalue weighted by atomic mass is 15.3. The van der Waals surface area contributed by atoms with Crippen LogP contribution in [0.4, 0.5) is 0 Å². The molecule has 4 rings (SSSR count). The Morgan fingerprint density at radius 2 is 1.40 bits per heavy atom. The smallest absolute Gasteiger partial charge is 0.181 e. The lowest BCUT2D eigenvalue weighted by Gasteiger charge is -2.07. The van der Waals surface area contributed by atoms with E-state index < -0.39 is 0 Å². The first-order chi connectivity index (χ1) is 12.3. The van der Waals surface area contributed by atoms with Gasteiger partial charge in [-0.15, -0.1) is 10.2 Å². The number of rotatable bonds is 4. The minimum atomic E-state index is 0.835. The van der Waals surface area contributed by atoms with Crippen LogP contribution in [0.25, 0.3) is 33.5 Å². The summed E-state index contributed by atoms with van der Waals surface area (Å²) in [5, 5.41) is 15.0. The van der Waals surface area contributed by atoms with E-state index in [1.54, 1.807) is 0 Å². The summed E-state index contributed by atoms with van der Waals surface area (Å²) in [6, 6.07) is 20.5. The van der Waals surface area contributed by atoms with E-state index >= 15 is 0 Å². The molecule has 0 bridgehead atoms. The van der Waals surface area contributed by atoms with Gasteiger partial charge < -0.3 is 0 Å². The van der Waals surface area contributed by atoms with Gasteiger partial charge in [0.05, 0.1) is 11.1 Å². The number of nitrogens with zero attached hydrogens (tertiary/aromatic N) is 4. The maximum atomic E-state index is 4.86. The van der Waals surface area contributed by atoms with Crippen LogP contribution in [0.5, 0.6) is 0 Å². The summed E-state index contributed by atoms with van der Waals surface area (Å²) in [5.74, 6) is 0. The fourth-order valence-corrected chi connectivity index (χ4v) is 3.23. The molecule has 0 spiro atoms. The van der Waals surface area contributed by atoms with E-state index in [-0.39, 0.29) is 0 Å². The first-order valence-electron chi connectivity index (χ1n) is 8.64. The summed E-state index contributed by atoms with van der Waals surface area (Å²) in [5.41, 5.74) is 6.07.